The van der Waals surface area contributed by atoms with E-state index < -0.39 is 21.2 Å². The first-order valence-corrected chi connectivity index (χ1v) is 11.8. The Bertz CT molecular complexity index is 924. The van der Waals surface area contributed by atoms with Gasteiger partial charge in [0, 0.05) is 25.2 Å². The minimum absolute atomic E-state index is 0.254. The number of carbonyl (C=O) groups is 2. The monoisotopic (exact) mass is 419 g/mol. The smallest absolute Gasteiger partial charge is 0.316 e. The number of hydrogen-bond acceptors (Lipinski definition) is 4. The number of aryl methyl sites for hydroxylation is 1. The fourth-order valence-corrected chi connectivity index (χ4v) is 6.47. The lowest BCUT2D eigenvalue weighted by Crippen LogP contribution is -2.62. The van der Waals surface area contributed by atoms with Gasteiger partial charge in [0.25, 0.3) is 0 Å². The molecule has 29 heavy (non-hydrogen) atoms. The molecule has 1 aliphatic heterocycles. The van der Waals surface area contributed by atoms with E-state index in [4.69, 9.17) is 0 Å². The van der Waals surface area contributed by atoms with Crippen molar-refractivity contribution in [3.63, 3.8) is 0 Å². The molecule has 1 N–H and O–H groups in total. The van der Waals surface area contributed by atoms with Crippen molar-refractivity contribution < 1.29 is 18.0 Å². The molecular formula is C21H29N3O4S. The highest BCUT2D eigenvalue weighted by Crippen LogP contribution is 2.40. The third-order valence-corrected chi connectivity index (χ3v) is 8.73. The molecule has 3 atom stereocenters. The molecule has 4 rings (SSSR count). The van der Waals surface area contributed by atoms with Crippen molar-refractivity contribution in [1.29, 1.82) is 0 Å². The number of amides is 3. The largest absolute Gasteiger partial charge is 0.327 e. The Morgan fingerprint density at radius 2 is 1.79 bits per heavy atom. The Kier molecular flexibility index (Phi) is 4.98. The molecule has 1 heterocycles. The van der Waals surface area contributed by atoms with Crippen LogP contribution in [0.2, 0.25) is 0 Å². The standard InChI is InChI=1S/C21H29N3O4S/c1-14-4-6-15(7-5-14)13-24-18-9-8-16(29(27,28)22-21(2)10-11-21)12-17(18)19(25)23(3)20(24)26/h4-7,16-18,22H,8-13H2,1-3H3. The third kappa shape index (κ3) is 3.92. The summed E-state index contributed by atoms with van der Waals surface area (Å²) in [6.45, 7) is 4.35. The van der Waals surface area contributed by atoms with E-state index in [1.165, 1.54) is 7.05 Å². The molecule has 2 aliphatic carbocycles. The molecule has 8 heteroatoms. The number of fused-ring (bicyclic) bond motifs is 1. The molecule has 0 spiro atoms. The zero-order valence-corrected chi connectivity index (χ0v) is 18.0. The van der Waals surface area contributed by atoms with Crippen molar-refractivity contribution in [2.75, 3.05) is 7.05 Å². The number of rotatable bonds is 5. The van der Waals surface area contributed by atoms with Crippen LogP contribution in [0, 0.1) is 12.8 Å². The molecular weight excluding hydrogens is 390 g/mol. The van der Waals surface area contributed by atoms with E-state index in [0.29, 0.717) is 19.4 Å². The first-order chi connectivity index (χ1) is 13.6. The van der Waals surface area contributed by atoms with Crippen LogP contribution in [-0.2, 0) is 21.4 Å². The Labute approximate surface area is 172 Å². The summed E-state index contributed by atoms with van der Waals surface area (Å²) < 4.78 is 28.5. The van der Waals surface area contributed by atoms with E-state index in [1.807, 2.05) is 38.1 Å². The number of carbonyl (C=O) groups excluding carboxylic acids is 2. The molecule has 1 aromatic rings. The summed E-state index contributed by atoms with van der Waals surface area (Å²) in [6, 6.07) is 7.43. The van der Waals surface area contributed by atoms with Crippen LogP contribution < -0.4 is 4.72 Å². The van der Waals surface area contributed by atoms with Gasteiger partial charge in [-0.2, -0.15) is 0 Å². The lowest BCUT2D eigenvalue weighted by atomic mass is 9.80. The highest BCUT2D eigenvalue weighted by atomic mass is 32.2. The predicted octanol–water partition coefficient (Wildman–Crippen LogP) is 2.40. The number of hydrogen-bond donors (Lipinski definition) is 1. The second kappa shape index (κ2) is 7.09. The Hall–Kier alpha value is -1.93. The van der Waals surface area contributed by atoms with Gasteiger partial charge in [0.05, 0.1) is 11.2 Å². The number of benzene rings is 1. The molecule has 3 fully saturated rings. The van der Waals surface area contributed by atoms with Gasteiger partial charge in [0.15, 0.2) is 0 Å². The van der Waals surface area contributed by atoms with Gasteiger partial charge in [-0.25, -0.2) is 17.9 Å². The van der Waals surface area contributed by atoms with E-state index >= 15 is 0 Å². The first-order valence-electron chi connectivity index (χ1n) is 10.3. The number of nitrogens with one attached hydrogen (secondary N) is 1. The summed E-state index contributed by atoms with van der Waals surface area (Å²) >= 11 is 0. The average Bonchev–Trinajstić information content (AvgIpc) is 3.40. The molecule has 158 valence electrons. The lowest BCUT2D eigenvalue weighted by molar-refractivity contribution is -0.139. The van der Waals surface area contributed by atoms with E-state index in [0.717, 1.165) is 28.9 Å². The maximum absolute atomic E-state index is 12.9. The first kappa shape index (κ1) is 20.3. The maximum Gasteiger partial charge on any atom is 0.327 e. The zero-order chi connectivity index (χ0) is 21.0. The zero-order valence-electron chi connectivity index (χ0n) is 17.2. The van der Waals surface area contributed by atoms with Gasteiger partial charge in [-0.1, -0.05) is 29.8 Å². The quantitative estimate of drug-likeness (QED) is 0.794. The molecule has 0 radical (unpaired) electrons. The van der Waals surface area contributed by atoms with Gasteiger partial charge in [-0.3, -0.25) is 9.69 Å². The van der Waals surface area contributed by atoms with Crippen molar-refractivity contribution in [2.24, 2.45) is 5.92 Å². The highest BCUT2D eigenvalue weighted by Gasteiger charge is 2.51. The van der Waals surface area contributed by atoms with Crippen molar-refractivity contribution in [3.8, 4) is 0 Å². The van der Waals surface area contributed by atoms with Crippen LogP contribution in [0.1, 0.15) is 50.2 Å². The maximum atomic E-state index is 12.9. The van der Waals surface area contributed by atoms with E-state index in [2.05, 4.69) is 4.72 Å². The van der Waals surface area contributed by atoms with Crippen LogP contribution in [-0.4, -0.2) is 54.0 Å². The topological polar surface area (TPSA) is 86.8 Å². The van der Waals surface area contributed by atoms with Crippen molar-refractivity contribution >= 4 is 22.0 Å². The van der Waals surface area contributed by atoms with E-state index in [1.54, 1.807) is 4.90 Å². The highest BCUT2D eigenvalue weighted by molar-refractivity contribution is 7.90. The van der Waals surface area contributed by atoms with Gasteiger partial charge in [-0.15, -0.1) is 0 Å². The Morgan fingerprint density at radius 3 is 2.41 bits per heavy atom. The summed E-state index contributed by atoms with van der Waals surface area (Å²) in [5.74, 6) is -0.747. The van der Waals surface area contributed by atoms with Gasteiger partial charge in [0.1, 0.15) is 0 Å². The molecule has 7 nitrogen and oxygen atoms in total. The fraction of sp³-hybridized carbons (Fsp3) is 0.619. The molecule has 3 amide bonds. The third-order valence-electron chi connectivity index (χ3n) is 6.65. The van der Waals surface area contributed by atoms with Crippen LogP contribution in [0.25, 0.3) is 0 Å². The van der Waals surface area contributed by atoms with Gasteiger partial charge in [-0.05, 0) is 51.5 Å². The van der Waals surface area contributed by atoms with E-state index in [9.17, 15) is 18.0 Å². The SMILES string of the molecule is Cc1ccc(CN2C(=O)N(C)C(=O)C3CC(S(=O)(=O)NC4(C)CC4)CCC32)cc1. The number of imide groups is 1. The number of urea groups is 1. The van der Waals surface area contributed by atoms with Crippen molar-refractivity contribution in [1.82, 2.24) is 14.5 Å². The van der Waals surface area contributed by atoms with E-state index in [-0.39, 0.29) is 29.9 Å². The second-order valence-corrected chi connectivity index (χ2v) is 11.1. The molecule has 1 aromatic carbocycles. The summed E-state index contributed by atoms with van der Waals surface area (Å²) in [4.78, 5) is 28.6. The van der Waals surface area contributed by atoms with Crippen LogP contribution in [0.15, 0.2) is 24.3 Å². The number of nitrogens with zero attached hydrogens (tertiary/aromatic N) is 2. The van der Waals surface area contributed by atoms with Crippen LogP contribution >= 0.6 is 0 Å². The van der Waals surface area contributed by atoms with Gasteiger partial charge in [0.2, 0.25) is 15.9 Å². The molecule has 3 aliphatic rings. The molecule has 0 bridgehead atoms. The summed E-state index contributed by atoms with van der Waals surface area (Å²) in [7, 11) is -2.00. The predicted molar refractivity (Wildman–Crippen MR) is 109 cm³/mol. The summed E-state index contributed by atoms with van der Waals surface area (Å²) in [5.41, 5.74) is 1.83. The molecule has 1 saturated heterocycles. The van der Waals surface area contributed by atoms with Crippen LogP contribution in [0.5, 0.6) is 0 Å². The molecule has 0 aromatic heterocycles. The van der Waals surface area contributed by atoms with Crippen LogP contribution in [0.4, 0.5) is 4.79 Å². The summed E-state index contributed by atoms with van der Waals surface area (Å²) in [6.07, 6.45) is 2.94. The number of sulfonamides is 1. The molecule has 3 unspecified atom stereocenters. The van der Waals surface area contributed by atoms with Crippen molar-refractivity contribution in [3.05, 3.63) is 35.4 Å². The molecule has 2 saturated carbocycles. The lowest BCUT2D eigenvalue weighted by Gasteiger charge is -2.47. The average molecular weight is 420 g/mol. The Morgan fingerprint density at radius 1 is 1.14 bits per heavy atom. The van der Waals surface area contributed by atoms with Gasteiger partial charge >= 0.3 is 6.03 Å². The summed E-state index contributed by atoms with van der Waals surface area (Å²) in [5, 5.41) is -0.590. The van der Waals surface area contributed by atoms with Crippen LogP contribution in [0.3, 0.4) is 0 Å². The van der Waals surface area contributed by atoms with Crippen molar-refractivity contribution in [2.45, 2.75) is 69.3 Å². The second-order valence-electron chi connectivity index (χ2n) is 9.11. The van der Waals surface area contributed by atoms with Gasteiger partial charge < -0.3 is 4.90 Å². The Balaban J connectivity index is 1.54. The fourth-order valence-electron chi connectivity index (χ4n) is 4.51. The minimum Gasteiger partial charge on any atom is -0.316 e. The normalized spacial score (nSPS) is 29.0. The minimum atomic E-state index is -3.49.